The maximum atomic E-state index is 13.3. The highest BCUT2D eigenvalue weighted by atomic mass is 127. The predicted molar refractivity (Wildman–Crippen MR) is 170 cm³/mol. The Morgan fingerprint density at radius 3 is 1.42 bits per heavy atom. The Morgan fingerprint density at radius 1 is 0.511 bits per heavy atom. The second-order valence-electron chi connectivity index (χ2n) is 9.98. The van der Waals surface area contributed by atoms with E-state index in [-0.39, 0.29) is 0 Å². The summed E-state index contributed by atoms with van der Waals surface area (Å²) in [5, 5.41) is 0. The SMILES string of the molecule is FC(F)(F)c1cc(-c2ccccc2)c2c(c1)ncn2-c1ccccc1.FC(F)(F)c1cc(I)c2c(c1)ncn2-c1ccccc1. The van der Waals surface area contributed by atoms with E-state index in [1.165, 1.54) is 6.07 Å². The Balaban J connectivity index is 0.000000163. The van der Waals surface area contributed by atoms with Gasteiger partial charge < -0.3 is 0 Å². The molecule has 0 radical (unpaired) electrons. The van der Waals surface area contributed by atoms with Gasteiger partial charge in [0.2, 0.25) is 0 Å². The number of alkyl halides is 6. The minimum absolute atomic E-state index is 0.317. The van der Waals surface area contributed by atoms with Crippen LogP contribution in [0.3, 0.4) is 0 Å². The van der Waals surface area contributed by atoms with Crippen LogP contribution in [0.25, 0.3) is 44.6 Å². The number of fused-ring (bicyclic) bond motifs is 2. The van der Waals surface area contributed by atoms with Gasteiger partial charge in [-0.1, -0.05) is 66.7 Å². The molecule has 0 spiro atoms. The van der Waals surface area contributed by atoms with Gasteiger partial charge in [-0.05, 0) is 76.7 Å². The van der Waals surface area contributed by atoms with Gasteiger partial charge >= 0.3 is 12.4 Å². The fourth-order valence-corrected chi connectivity index (χ4v) is 5.85. The average Bonchev–Trinajstić information content (AvgIpc) is 3.67. The Labute approximate surface area is 266 Å². The summed E-state index contributed by atoms with van der Waals surface area (Å²) in [6.07, 6.45) is -5.67. The molecule has 7 aromatic rings. The van der Waals surface area contributed by atoms with Gasteiger partial charge in [0.25, 0.3) is 0 Å². The Hall–Kier alpha value is -4.65. The van der Waals surface area contributed by atoms with Gasteiger partial charge in [0.1, 0.15) is 12.7 Å². The number of para-hydroxylation sites is 2. The molecular formula is C34H21F6IN4. The van der Waals surface area contributed by atoms with Crippen LogP contribution in [-0.4, -0.2) is 19.1 Å². The molecule has 11 heteroatoms. The fourth-order valence-electron chi connectivity index (χ4n) is 4.98. The van der Waals surface area contributed by atoms with Gasteiger partial charge in [-0.25, -0.2) is 9.97 Å². The van der Waals surface area contributed by atoms with Crippen molar-refractivity contribution in [2.45, 2.75) is 12.4 Å². The molecule has 4 nitrogen and oxygen atoms in total. The first kappa shape index (κ1) is 30.4. The topological polar surface area (TPSA) is 35.6 Å². The quantitative estimate of drug-likeness (QED) is 0.134. The van der Waals surface area contributed by atoms with Crippen LogP contribution in [0.5, 0.6) is 0 Å². The molecule has 2 heterocycles. The predicted octanol–water partition coefficient (Wildman–Crippen LogP) is 10.4. The number of rotatable bonds is 3. The highest BCUT2D eigenvalue weighted by Gasteiger charge is 2.33. The first-order valence-corrected chi connectivity index (χ1v) is 14.6. The minimum atomic E-state index is -4.42. The van der Waals surface area contributed by atoms with E-state index in [4.69, 9.17) is 0 Å². The summed E-state index contributed by atoms with van der Waals surface area (Å²) in [5.41, 5.74) is 3.57. The lowest BCUT2D eigenvalue weighted by Gasteiger charge is -2.13. The summed E-state index contributed by atoms with van der Waals surface area (Å²) in [7, 11) is 0. The lowest BCUT2D eigenvalue weighted by atomic mass is 10.0. The molecule has 0 aliphatic rings. The molecule has 0 atom stereocenters. The van der Waals surface area contributed by atoms with Crippen molar-refractivity contribution in [3.05, 3.63) is 143 Å². The number of halogens is 7. The second-order valence-corrected chi connectivity index (χ2v) is 11.1. The third-order valence-corrected chi connectivity index (χ3v) is 7.87. The molecule has 0 bridgehead atoms. The van der Waals surface area contributed by atoms with Crippen LogP contribution in [0.4, 0.5) is 26.3 Å². The van der Waals surface area contributed by atoms with Crippen molar-refractivity contribution in [1.82, 2.24) is 19.1 Å². The molecule has 5 aromatic carbocycles. The molecule has 0 saturated carbocycles. The Bertz CT molecular complexity index is 2090. The maximum Gasteiger partial charge on any atom is 0.416 e. The van der Waals surface area contributed by atoms with E-state index in [1.54, 1.807) is 29.4 Å². The minimum Gasteiger partial charge on any atom is -0.298 e. The summed E-state index contributed by atoms with van der Waals surface area (Å²) < 4.78 is 82.4. The van der Waals surface area contributed by atoms with Crippen LogP contribution in [0.1, 0.15) is 11.1 Å². The molecule has 0 aliphatic heterocycles. The van der Waals surface area contributed by atoms with E-state index >= 15 is 0 Å². The third kappa shape index (κ3) is 6.30. The lowest BCUT2D eigenvalue weighted by Crippen LogP contribution is -2.05. The number of imidazole rings is 2. The van der Waals surface area contributed by atoms with Gasteiger partial charge in [0.05, 0.1) is 33.2 Å². The van der Waals surface area contributed by atoms with Crippen LogP contribution < -0.4 is 0 Å². The van der Waals surface area contributed by atoms with Gasteiger partial charge in [0.15, 0.2) is 0 Å². The molecule has 0 fully saturated rings. The highest BCUT2D eigenvalue weighted by Crippen LogP contribution is 2.38. The fraction of sp³-hybridized carbons (Fsp3) is 0.0588. The van der Waals surface area contributed by atoms with Crippen LogP contribution in [0, 0.1) is 3.57 Å². The molecule has 45 heavy (non-hydrogen) atoms. The molecule has 0 amide bonds. The van der Waals surface area contributed by atoms with Gasteiger partial charge in [-0.3, -0.25) is 9.13 Å². The third-order valence-electron chi connectivity index (χ3n) is 7.05. The van der Waals surface area contributed by atoms with Gasteiger partial charge in [0, 0.05) is 20.5 Å². The summed E-state index contributed by atoms with van der Waals surface area (Å²) in [6, 6.07) is 32.4. The van der Waals surface area contributed by atoms with Crippen molar-refractivity contribution in [2.24, 2.45) is 0 Å². The zero-order valence-corrected chi connectivity index (χ0v) is 25.2. The van der Waals surface area contributed by atoms with Crippen LogP contribution >= 0.6 is 22.6 Å². The van der Waals surface area contributed by atoms with E-state index in [0.717, 1.165) is 35.1 Å². The van der Waals surface area contributed by atoms with Crippen molar-refractivity contribution in [3.8, 4) is 22.5 Å². The Kier molecular flexibility index (Phi) is 8.12. The molecule has 0 aliphatic carbocycles. The van der Waals surface area contributed by atoms with Crippen molar-refractivity contribution in [3.63, 3.8) is 0 Å². The zero-order valence-electron chi connectivity index (χ0n) is 23.1. The molecule has 0 unspecified atom stereocenters. The summed E-state index contributed by atoms with van der Waals surface area (Å²) in [6.45, 7) is 0. The molecule has 0 N–H and O–H groups in total. The van der Waals surface area contributed by atoms with Crippen LogP contribution in [0.2, 0.25) is 0 Å². The summed E-state index contributed by atoms with van der Waals surface area (Å²) in [4.78, 5) is 8.31. The normalized spacial score (nSPS) is 11.9. The van der Waals surface area contributed by atoms with Crippen molar-refractivity contribution in [1.29, 1.82) is 0 Å². The molecule has 0 saturated heterocycles. The average molecular weight is 726 g/mol. The maximum absolute atomic E-state index is 13.3. The van der Waals surface area contributed by atoms with E-state index < -0.39 is 23.5 Å². The monoisotopic (exact) mass is 726 g/mol. The van der Waals surface area contributed by atoms with Crippen molar-refractivity contribution < 1.29 is 26.3 Å². The molecule has 2 aromatic heterocycles. The van der Waals surface area contributed by atoms with E-state index in [1.807, 2.05) is 106 Å². The van der Waals surface area contributed by atoms with Crippen LogP contribution in [-0.2, 0) is 12.4 Å². The number of aromatic nitrogens is 4. The van der Waals surface area contributed by atoms with Crippen molar-refractivity contribution in [2.75, 3.05) is 0 Å². The first-order valence-electron chi connectivity index (χ1n) is 13.5. The van der Waals surface area contributed by atoms with E-state index in [9.17, 15) is 26.3 Å². The summed E-state index contributed by atoms with van der Waals surface area (Å²) in [5.74, 6) is 0. The van der Waals surface area contributed by atoms with Gasteiger partial charge in [-0.2, -0.15) is 26.3 Å². The van der Waals surface area contributed by atoms with Gasteiger partial charge in [-0.15, -0.1) is 0 Å². The second kappa shape index (κ2) is 12.0. The lowest BCUT2D eigenvalue weighted by molar-refractivity contribution is -0.138. The number of benzene rings is 5. The molecule has 7 rings (SSSR count). The van der Waals surface area contributed by atoms with E-state index in [0.29, 0.717) is 31.2 Å². The zero-order chi connectivity index (χ0) is 31.8. The highest BCUT2D eigenvalue weighted by molar-refractivity contribution is 14.1. The smallest absolute Gasteiger partial charge is 0.298 e. The first-order chi connectivity index (χ1) is 21.5. The number of hydrogen-bond donors (Lipinski definition) is 0. The number of hydrogen-bond acceptors (Lipinski definition) is 2. The number of nitrogens with zero attached hydrogens (tertiary/aromatic N) is 4. The molecule has 226 valence electrons. The Morgan fingerprint density at radius 2 is 0.933 bits per heavy atom. The van der Waals surface area contributed by atoms with Crippen molar-refractivity contribution >= 4 is 44.7 Å². The van der Waals surface area contributed by atoms with Crippen LogP contribution in [0.15, 0.2) is 128 Å². The standard InChI is InChI=1S/C20H13F3N2.C14H8F3IN2/c21-20(22,23)15-11-17(14-7-3-1-4-8-14)19-18(12-15)24-13-25(19)16-9-5-2-6-10-16;15-14(16,17)9-6-11(18)13-12(7-9)19-8-20(13)10-4-2-1-3-5-10/h1-13H;1-8H. The van der Waals surface area contributed by atoms with E-state index in [2.05, 4.69) is 9.97 Å². The molecular weight excluding hydrogens is 705 g/mol. The summed E-state index contributed by atoms with van der Waals surface area (Å²) >= 11 is 1.91. The largest absolute Gasteiger partial charge is 0.416 e.